The molecule has 1 aliphatic heterocycles. The first-order chi connectivity index (χ1) is 10.3. The van der Waals surface area contributed by atoms with E-state index in [0.717, 1.165) is 25.8 Å². The smallest absolute Gasteiger partial charge is 0.236 e. The summed E-state index contributed by atoms with van der Waals surface area (Å²) in [6, 6.07) is 2.74. The largest absolute Gasteiger partial charge is 0.358 e. The van der Waals surface area contributed by atoms with Gasteiger partial charge in [0.1, 0.15) is 0 Å². The molecule has 1 aromatic rings. The van der Waals surface area contributed by atoms with Gasteiger partial charge in [0.2, 0.25) is 5.91 Å². The van der Waals surface area contributed by atoms with Gasteiger partial charge in [-0.3, -0.25) is 9.48 Å². The Hall–Kier alpha value is -1.36. The standard InChI is InChI=1S/C16H26N4O/c1-17-16(21)15-11-12(6-8-18-15)10-13-7-9-20(19-13)14-4-2-3-5-14/h7,9,12,14-15,18H,2-6,8,10-11H2,1H3,(H,17,21). The van der Waals surface area contributed by atoms with Gasteiger partial charge in [-0.1, -0.05) is 12.8 Å². The lowest BCUT2D eigenvalue weighted by Gasteiger charge is -2.28. The van der Waals surface area contributed by atoms with Crippen LogP contribution in [-0.4, -0.2) is 35.3 Å². The van der Waals surface area contributed by atoms with E-state index in [-0.39, 0.29) is 11.9 Å². The first kappa shape index (κ1) is 14.6. The zero-order valence-corrected chi connectivity index (χ0v) is 12.8. The van der Waals surface area contributed by atoms with Crippen LogP contribution in [0.5, 0.6) is 0 Å². The van der Waals surface area contributed by atoms with Gasteiger partial charge in [0.05, 0.1) is 17.8 Å². The van der Waals surface area contributed by atoms with Crippen LogP contribution >= 0.6 is 0 Å². The van der Waals surface area contributed by atoms with E-state index in [1.54, 1.807) is 7.05 Å². The lowest BCUT2D eigenvalue weighted by molar-refractivity contribution is -0.123. The molecule has 0 spiro atoms. The lowest BCUT2D eigenvalue weighted by Crippen LogP contribution is -2.48. The normalized spacial score (nSPS) is 26.9. The van der Waals surface area contributed by atoms with Crippen LogP contribution in [0, 0.1) is 5.92 Å². The number of hydrogen-bond donors (Lipinski definition) is 2. The van der Waals surface area contributed by atoms with Crippen molar-refractivity contribution in [1.29, 1.82) is 0 Å². The second-order valence-corrected chi connectivity index (χ2v) is 6.44. The first-order valence-corrected chi connectivity index (χ1v) is 8.25. The van der Waals surface area contributed by atoms with Crippen molar-refractivity contribution in [1.82, 2.24) is 20.4 Å². The van der Waals surface area contributed by atoms with Crippen LogP contribution in [0.1, 0.15) is 50.3 Å². The quantitative estimate of drug-likeness (QED) is 0.886. The van der Waals surface area contributed by atoms with E-state index in [2.05, 4.69) is 27.6 Å². The summed E-state index contributed by atoms with van der Waals surface area (Å²) in [6.07, 6.45) is 10.4. The van der Waals surface area contributed by atoms with Gasteiger partial charge in [-0.25, -0.2) is 0 Å². The highest BCUT2D eigenvalue weighted by atomic mass is 16.2. The number of nitrogens with zero attached hydrogens (tertiary/aromatic N) is 2. The molecule has 1 aromatic heterocycles. The number of nitrogens with one attached hydrogen (secondary N) is 2. The highest BCUT2D eigenvalue weighted by molar-refractivity contribution is 5.81. The van der Waals surface area contributed by atoms with Gasteiger partial charge in [0.15, 0.2) is 0 Å². The fourth-order valence-electron chi connectivity index (χ4n) is 3.71. The van der Waals surface area contributed by atoms with Crippen LogP contribution in [-0.2, 0) is 11.2 Å². The molecule has 2 atom stereocenters. The van der Waals surface area contributed by atoms with Gasteiger partial charge in [-0.15, -0.1) is 0 Å². The molecule has 5 nitrogen and oxygen atoms in total. The summed E-state index contributed by atoms with van der Waals surface area (Å²) < 4.78 is 2.17. The maximum Gasteiger partial charge on any atom is 0.236 e. The fourth-order valence-corrected chi connectivity index (χ4v) is 3.71. The number of likely N-dealkylation sites (N-methyl/N-ethyl adjacent to an activating group) is 1. The van der Waals surface area contributed by atoms with Crippen molar-refractivity contribution >= 4 is 5.91 Å². The van der Waals surface area contributed by atoms with Gasteiger partial charge in [-0.05, 0) is 50.6 Å². The summed E-state index contributed by atoms with van der Waals surface area (Å²) in [5.41, 5.74) is 1.18. The Morgan fingerprint density at radius 3 is 3.00 bits per heavy atom. The average Bonchev–Trinajstić information content (AvgIpc) is 3.17. The zero-order chi connectivity index (χ0) is 14.7. The second-order valence-electron chi connectivity index (χ2n) is 6.44. The van der Waals surface area contributed by atoms with Crippen molar-refractivity contribution in [2.24, 2.45) is 5.92 Å². The minimum Gasteiger partial charge on any atom is -0.358 e. The Kier molecular flexibility index (Phi) is 4.58. The van der Waals surface area contributed by atoms with Gasteiger partial charge < -0.3 is 10.6 Å². The number of hydrogen-bond acceptors (Lipinski definition) is 3. The molecular weight excluding hydrogens is 264 g/mol. The van der Waals surface area contributed by atoms with Crippen LogP contribution in [0.25, 0.3) is 0 Å². The molecule has 1 saturated heterocycles. The monoisotopic (exact) mass is 290 g/mol. The van der Waals surface area contributed by atoms with E-state index >= 15 is 0 Å². The average molecular weight is 290 g/mol. The second kappa shape index (κ2) is 6.60. The van der Waals surface area contributed by atoms with Gasteiger partial charge in [-0.2, -0.15) is 5.10 Å². The summed E-state index contributed by atoms with van der Waals surface area (Å²) in [5, 5.41) is 10.8. The molecule has 1 saturated carbocycles. The number of amides is 1. The number of piperidine rings is 1. The Morgan fingerprint density at radius 2 is 2.24 bits per heavy atom. The van der Waals surface area contributed by atoms with E-state index in [1.807, 2.05) is 0 Å². The van der Waals surface area contributed by atoms with E-state index < -0.39 is 0 Å². The number of carbonyl (C=O) groups excluding carboxylic acids is 1. The molecule has 116 valence electrons. The van der Waals surface area contributed by atoms with E-state index in [1.165, 1.54) is 31.4 Å². The number of aromatic nitrogens is 2. The SMILES string of the molecule is CNC(=O)C1CC(Cc2ccn(C3CCCC3)n2)CCN1. The summed E-state index contributed by atoms with van der Waals surface area (Å²) in [7, 11) is 1.71. The van der Waals surface area contributed by atoms with Gasteiger partial charge in [0.25, 0.3) is 0 Å². The first-order valence-electron chi connectivity index (χ1n) is 8.25. The van der Waals surface area contributed by atoms with Crippen molar-refractivity contribution in [3.63, 3.8) is 0 Å². The van der Waals surface area contributed by atoms with Gasteiger partial charge in [0, 0.05) is 13.2 Å². The van der Waals surface area contributed by atoms with Crippen molar-refractivity contribution < 1.29 is 4.79 Å². The van der Waals surface area contributed by atoms with Crippen LogP contribution in [0.2, 0.25) is 0 Å². The third-order valence-corrected chi connectivity index (χ3v) is 4.94. The molecular formula is C16H26N4O. The molecule has 21 heavy (non-hydrogen) atoms. The predicted molar refractivity (Wildman–Crippen MR) is 82.0 cm³/mol. The van der Waals surface area contributed by atoms with E-state index in [0.29, 0.717) is 12.0 Å². The Balaban J connectivity index is 1.57. The molecule has 5 heteroatoms. The molecule has 1 aliphatic carbocycles. The third kappa shape index (κ3) is 3.46. The molecule has 0 radical (unpaired) electrons. The molecule has 0 bridgehead atoms. The molecule has 2 fully saturated rings. The maximum atomic E-state index is 11.7. The molecule has 2 heterocycles. The topological polar surface area (TPSA) is 59.0 Å². The van der Waals surface area contributed by atoms with Crippen LogP contribution in [0.15, 0.2) is 12.3 Å². The Labute approximate surface area is 126 Å². The third-order valence-electron chi connectivity index (χ3n) is 4.94. The molecule has 2 aliphatic rings. The zero-order valence-electron chi connectivity index (χ0n) is 12.8. The van der Waals surface area contributed by atoms with Crippen molar-refractivity contribution in [3.8, 4) is 0 Å². The van der Waals surface area contributed by atoms with Crippen LogP contribution < -0.4 is 10.6 Å². The van der Waals surface area contributed by atoms with E-state index in [4.69, 9.17) is 5.10 Å². The number of carbonyl (C=O) groups is 1. The summed E-state index contributed by atoms with van der Waals surface area (Å²) in [4.78, 5) is 11.7. The minimum atomic E-state index is -0.0364. The molecule has 0 aromatic carbocycles. The van der Waals surface area contributed by atoms with Crippen LogP contribution in [0.3, 0.4) is 0 Å². The fraction of sp³-hybridized carbons (Fsp3) is 0.750. The van der Waals surface area contributed by atoms with Crippen molar-refractivity contribution in [3.05, 3.63) is 18.0 Å². The molecule has 2 N–H and O–H groups in total. The Bertz CT molecular complexity index is 478. The molecule has 1 amide bonds. The lowest BCUT2D eigenvalue weighted by atomic mass is 9.88. The van der Waals surface area contributed by atoms with E-state index in [9.17, 15) is 4.79 Å². The highest BCUT2D eigenvalue weighted by Crippen LogP contribution is 2.29. The van der Waals surface area contributed by atoms with Crippen molar-refractivity contribution in [2.75, 3.05) is 13.6 Å². The molecule has 2 unspecified atom stereocenters. The molecule has 3 rings (SSSR count). The summed E-state index contributed by atoms with van der Waals surface area (Å²) in [6.45, 7) is 0.923. The summed E-state index contributed by atoms with van der Waals surface area (Å²) in [5.74, 6) is 0.664. The van der Waals surface area contributed by atoms with Gasteiger partial charge >= 0.3 is 0 Å². The highest BCUT2D eigenvalue weighted by Gasteiger charge is 2.27. The summed E-state index contributed by atoms with van der Waals surface area (Å²) >= 11 is 0. The minimum absolute atomic E-state index is 0.0364. The maximum absolute atomic E-state index is 11.7. The Morgan fingerprint density at radius 1 is 1.43 bits per heavy atom. The van der Waals surface area contributed by atoms with Crippen LogP contribution in [0.4, 0.5) is 0 Å². The number of rotatable bonds is 4. The van der Waals surface area contributed by atoms with Crippen molar-refractivity contribution in [2.45, 2.75) is 57.0 Å². The predicted octanol–water partition coefficient (Wildman–Crippen LogP) is 1.65.